The summed E-state index contributed by atoms with van der Waals surface area (Å²) in [5.74, 6) is 0.222. The van der Waals surface area contributed by atoms with Crippen molar-refractivity contribution < 1.29 is 4.79 Å². The lowest BCUT2D eigenvalue weighted by atomic mass is 10.3. The quantitative estimate of drug-likeness (QED) is 0.569. The van der Waals surface area contributed by atoms with Gasteiger partial charge in [0.15, 0.2) is 0 Å². The van der Waals surface area contributed by atoms with Crippen molar-refractivity contribution in [3.63, 3.8) is 0 Å². The summed E-state index contributed by atoms with van der Waals surface area (Å²) < 4.78 is 0. The maximum absolute atomic E-state index is 8.57. The number of hydrogen-bond acceptors (Lipinski definition) is 2. The second-order valence-electron chi connectivity index (χ2n) is 2.60. The summed E-state index contributed by atoms with van der Waals surface area (Å²) in [6.07, 6.45) is 0. The number of carbonyl (C=O) groups excluding carboxylic acids is 1. The average molecular weight is 214 g/mol. The SMILES string of the molecule is CCN(CC)c1ccccc1.O=CCl. The largest absolute Gasteiger partial charge is 0.372 e. The van der Waals surface area contributed by atoms with Crippen LogP contribution in [-0.4, -0.2) is 18.8 Å². The molecule has 2 nitrogen and oxygen atoms in total. The Balaban J connectivity index is 0.000000500. The van der Waals surface area contributed by atoms with Crippen molar-refractivity contribution in [3.8, 4) is 0 Å². The van der Waals surface area contributed by atoms with Crippen LogP contribution in [0.4, 0.5) is 5.69 Å². The van der Waals surface area contributed by atoms with Crippen molar-refractivity contribution in [2.24, 2.45) is 0 Å². The van der Waals surface area contributed by atoms with Crippen molar-refractivity contribution in [3.05, 3.63) is 30.3 Å². The fraction of sp³-hybridized carbons (Fsp3) is 0.364. The van der Waals surface area contributed by atoms with Gasteiger partial charge < -0.3 is 4.90 Å². The first-order valence-corrected chi connectivity index (χ1v) is 5.07. The van der Waals surface area contributed by atoms with Crippen LogP contribution in [0.5, 0.6) is 0 Å². The number of halogens is 1. The molecule has 3 heteroatoms. The highest BCUT2D eigenvalue weighted by molar-refractivity contribution is 6.54. The Morgan fingerprint density at radius 3 is 2.00 bits per heavy atom. The van der Waals surface area contributed by atoms with Crippen LogP contribution in [0.1, 0.15) is 13.8 Å². The van der Waals surface area contributed by atoms with Gasteiger partial charge in [-0.2, -0.15) is 0 Å². The molecule has 1 aromatic rings. The van der Waals surface area contributed by atoms with Gasteiger partial charge in [0, 0.05) is 18.8 Å². The fourth-order valence-electron chi connectivity index (χ4n) is 1.23. The molecule has 14 heavy (non-hydrogen) atoms. The van der Waals surface area contributed by atoms with Crippen LogP contribution in [0.25, 0.3) is 0 Å². The molecule has 0 fully saturated rings. The van der Waals surface area contributed by atoms with Gasteiger partial charge in [-0.1, -0.05) is 18.2 Å². The maximum Gasteiger partial charge on any atom is 0.208 e. The zero-order chi connectivity index (χ0) is 10.8. The molecule has 0 aliphatic carbocycles. The second-order valence-corrected chi connectivity index (χ2v) is 2.78. The van der Waals surface area contributed by atoms with E-state index >= 15 is 0 Å². The van der Waals surface area contributed by atoms with E-state index in [9.17, 15) is 0 Å². The Hall–Kier alpha value is -1.02. The standard InChI is InChI=1S/C10H15N.CHClO/c1-3-11(4-2)10-8-6-5-7-9-10;2-1-3/h5-9H,3-4H2,1-2H3;1H. The van der Waals surface area contributed by atoms with Crippen LogP contribution >= 0.6 is 11.6 Å². The van der Waals surface area contributed by atoms with E-state index in [-0.39, 0.29) is 5.75 Å². The van der Waals surface area contributed by atoms with Crippen LogP contribution in [-0.2, 0) is 4.79 Å². The van der Waals surface area contributed by atoms with Gasteiger partial charge in [0.05, 0.1) is 0 Å². The molecule has 0 aromatic heterocycles. The lowest BCUT2D eigenvalue weighted by Gasteiger charge is -2.20. The van der Waals surface area contributed by atoms with E-state index in [0.29, 0.717) is 0 Å². The maximum atomic E-state index is 8.57. The van der Waals surface area contributed by atoms with E-state index in [1.807, 2.05) is 6.07 Å². The Kier molecular flexibility index (Phi) is 7.95. The highest BCUT2D eigenvalue weighted by atomic mass is 35.5. The van der Waals surface area contributed by atoms with Crippen molar-refractivity contribution in [1.29, 1.82) is 0 Å². The molecular weight excluding hydrogens is 198 g/mol. The number of carbonyl (C=O) groups is 1. The zero-order valence-corrected chi connectivity index (χ0v) is 9.37. The first-order valence-electron chi connectivity index (χ1n) is 4.63. The van der Waals surface area contributed by atoms with E-state index in [1.165, 1.54) is 5.69 Å². The molecule has 0 N–H and O–H groups in total. The molecule has 0 radical (unpaired) electrons. The highest BCUT2D eigenvalue weighted by Gasteiger charge is 1.97. The number of nitrogens with zero attached hydrogens (tertiary/aromatic N) is 1. The molecule has 0 bridgehead atoms. The van der Waals surface area contributed by atoms with Gasteiger partial charge in [-0.15, -0.1) is 0 Å². The fourth-order valence-corrected chi connectivity index (χ4v) is 1.23. The number of hydrogen-bond donors (Lipinski definition) is 0. The van der Waals surface area contributed by atoms with Crippen molar-refractivity contribution in [2.45, 2.75) is 13.8 Å². The molecule has 0 unspecified atom stereocenters. The van der Waals surface area contributed by atoms with Crippen molar-refractivity contribution in [2.75, 3.05) is 18.0 Å². The first-order chi connectivity index (χ1) is 6.79. The minimum absolute atomic E-state index is 0.222. The summed E-state index contributed by atoms with van der Waals surface area (Å²) in [4.78, 5) is 10.9. The van der Waals surface area contributed by atoms with Crippen molar-refractivity contribution in [1.82, 2.24) is 0 Å². The van der Waals surface area contributed by atoms with E-state index in [2.05, 4.69) is 54.6 Å². The third-order valence-corrected chi connectivity index (χ3v) is 1.88. The molecule has 1 aromatic carbocycles. The van der Waals surface area contributed by atoms with Gasteiger partial charge in [0.25, 0.3) is 0 Å². The molecular formula is C11H16ClNO. The highest BCUT2D eigenvalue weighted by Crippen LogP contribution is 2.11. The molecule has 0 spiro atoms. The van der Waals surface area contributed by atoms with Gasteiger partial charge in [0.2, 0.25) is 5.75 Å². The third kappa shape index (κ3) is 4.87. The smallest absolute Gasteiger partial charge is 0.208 e. The second kappa shape index (κ2) is 8.57. The van der Waals surface area contributed by atoms with Gasteiger partial charge in [-0.25, -0.2) is 0 Å². The molecule has 1 rings (SSSR count). The monoisotopic (exact) mass is 213 g/mol. The van der Waals surface area contributed by atoms with Crippen LogP contribution < -0.4 is 4.90 Å². The van der Waals surface area contributed by atoms with E-state index in [4.69, 9.17) is 4.79 Å². The van der Waals surface area contributed by atoms with Gasteiger partial charge in [-0.05, 0) is 37.6 Å². The van der Waals surface area contributed by atoms with Crippen LogP contribution in [0, 0.1) is 0 Å². The summed E-state index contributed by atoms with van der Waals surface area (Å²) >= 11 is 4.32. The van der Waals surface area contributed by atoms with Gasteiger partial charge in [-0.3, -0.25) is 4.79 Å². The van der Waals surface area contributed by atoms with Gasteiger partial charge >= 0.3 is 0 Å². The minimum Gasteiger partial charge on any atom is -0.372 e. The molecule has 78 valence electrons. The number of benzene rings is 1. The minimum atomic E-state index is 0.222. The molecule has 0 heterocycles. The molecule has 0 saturated heterocycles. The Morgan fingerprint density at radius 1 is 1.21 bits per heavy atom. The van der Waals surface area contributed by atoms with Gasteiger partial charge in [0.1, 0.15) is 0 Å². The molecule has 0 saturated carbocycles. The first kappa shape index (κ1) is 13.0. The predicted octanol–water partition coefficient (Wildman–Crippen LogP) is 2.95. The average Bonchev–Trinajstić information content (AvgIpc) is 2.22. The van der Waals surface area contributed by atoms with Crippen LogP contribution in [0.2, 0.25) is 0 Å². The Bertz CT molecular complexity index is 234. The molecule has 0 amide bonds. The number of rotatable bonds is 3. The summed E-state index contributed by atoms with van der Waals surface area (Å²) in [5, 5.41) is 0. The van der Waals surface area contributed by atoms with E-state index in [1.54, 1.807) is 0 Å². The third-order valence-electron chi connectivity index (χ3n) is 1.88. The van der Waals surface area contributed by atoms with E-state index < -0.39 is 0 Å². The van der Waals surface area contributed by atoms with Crippen LogP contribution in [0.3, 0.4) is 0 Å². The summed E-state index contributed by atoms with van der Waals surface area (Å²) in [6, 6.07) is 10.5. The Labute approximate surface area is 90.5 Å². The molecule has 0 aliphatic rings. The number of para-hydroxylation sites is 1. The Morgan fingerprint density at radius 2 is 1.64 bits per heavy atom. The summed E-state index contributed by atoms with van der Waals surface area (Å²) in [5.41, 5.74) is 1.32. The number of anilines is 1. The lowest BCUT2D eigenvalue weighted by molar-refractivity contribution is 0.569. The predicted molar refractivity (Wildman–Crippen MR) is 62.6 cm³/mol. The molecule has 0 aliphatic heterocycles. The topological polar surface area (TPSA) is 20.3 Å². The van der Waals surface area contributed by atoms with Crippen molar-refractivity contribution >= 4 is 23.0 Å². The molecule has 0 atom stereocenters. The zero-order valence-electron chi connectivity index (χ0n) is 8.61. The summed E-state index contributed by atoms with van der Waals surface area (Å²) in [7, 11) is 0. The van der Waals surface area contributed by atoms with E-state index in [0.717, 1.165) is 13.1 Å². The normalized spacial score (nSPS) is 8.50. The van der Waals surface area contributed by atoms with Crippen LogP contribution in [0.15, 0.2) is 30.3 Å². The lowest BCUT2D eigenvalue weighted by Crippen LogP contribution is -2.21. The summed E-state index contributed by atoms with van der Waals surface area (Å²) in [6.45, 7) is 6.52.